The maximum Gasteiger partial charge on any atom is 0.193 e. The number of aliphatic imine (C=N–C) groups is 1. The number of aromatic nitrogens is 1. The molecule has 0 aliphatic heterocycles. The number of hydrogen-bond acceptors (Lipinski definition) is 3. The first-order chi connectivity index (χ1) is 10.1. The summed E-state index contributed by atoms with van der Waals surface area (Å²) in [7, 11) is 3.92. The lowest BCUT2D eigenvalue weighted by Gasteiger charge is -2.14. The first kappa shape index (κ1) is 14.8. The molecule has 1 aromatic heterocycles. The van der Waals surface area contributed by atoms with E-state index in [2.05, 4.69) is 15.3 Å². The molecule has 0 spiro atoms. The lowest BCUT2D eigenvalue weighted by Crippen LogP contribution is -2.23. The fraction of sp³-hybridized carbons (Fsp3) is 0.250. The van der Waals surface area contributed by atoms with E-state index in [1.165, 1.54) is 5.56 Å². The van der Waals surface area contributed by atoms with Crippen molar-refractivity contribution in [1.82, 2.24) is 4.98 Å². The maximum absolute atomic E-state index is 5.93. The lowest BCUT2D eigenvalue weighted by molar-refractivity contribution is 0.983. The van der Waals surface area contributed by atoms with E-state index in [1.807, 2.05) is 62.3 Å². The number of aryl methyl sites for hydroxylation is 1. The van der Waals surface area contributed by atoms with Crippen molar-refractivity contribution in [1.29, 1.82) is 0 Å². The molecule has 5 heteroatoms. The molecule has 1 heterocycles. The first-order valence-corrected chi connectivity index (χ1v) is 6.81. The molecule has 0 atom stereocenters. The van der Waals surface area contributed by atoms with Crippen molar-refractivity contribution in [2.75, 3.05) is 24.3 Å². The van der Waals surface area contributed by atoms with Crippen LogP contribution < -0.4 is 16.0 Å². The van der Waals surface area contributed by atoms with Gasteiger partial charge < -0.3 is 16.0 Å². The number of nitrogens with zero attached hydrogens (tertiary/aromatic N) is 3. The van der Waals surface area contributed by atoms with Gasteiger partial charge in [0.2, 0.25) is 0 Å². The highest BCUT2D eigenvalue weighted by Gasteiger charge is 2.04. The Hall–Kier alpha value is -2.56. The van der Waals surface area contributed by atoms with E-state index < -0.39 is 0 Å². The van der Waals surface area contributed by atoms with Crippen LogP contribution in [0.25, 0.3) is 0 Å². The van der Waals surface area contributed by atoms with Gasteiger partial charge in [0.1, 0.15) is 5.82 Å². The van der Waals surface area contributed by atoms with E-state index in [0.717, 1.165) is 17.1 Å². The zero-order valence-electron chi connectivity index (χ0n) is 12.7. The molecule has 5 nitrogen and oxygen atoms in total. The van der Waals surface area contributed by atoms with Crippen molar-refractivity contribution >= 4 is 17.5 Å². The van der Waals surface area contributed by atoms with Crippen molar-refractivity contribution in [2.45, 2.75) is 13.5 Å². The number of benzene rings is 1. The third kappa shape index (κ3) is 4.21. The van der Waals surface area contributed by atoms with Crippen molar-refractivity contribution < 1.29 is 0 Å². The zero-order valence-corrected chi connectivity index (χ0v) is 12.7. The predicted molar refractivity (Wildman–Crippen MR) is 88.7 cm³/mol. The molecule has 0 radical (unpaired) electrons. The second-order valence-electron chi connectivity index (χ2n) is 5.08. The quantitative estimate of drug-likeness (QED) is 0.668. The van der Waals surface area contributed by atoms with Gasteiger partial charge in [0.15, 0.2) is 5.96 Å². The molecule has 0 saturated heterocycles. The summed E-state index contributed by atoms with van der Waals surface area (Å²) in [5, 5.41) is 3.10. The summed E-state index contributed by atoms with van der Waals surface area (Å²) in [6.07, 6.45) is 1.77. The van der Waals surface area contributed by atoms with Gasteiger partial charge in [-0.25, -0.2) is 9.98 Å². The Kier molecular flexibility index (Phi) is 4.77. The predicted octanol–water partition coefficient (Wildman–Crippen LogP) is 2.38. The molecule has 0 aliphatic carbocycles. The molecular formula is C16H21N5. The van der Waals surface area contributed by atoms with Gasteiger partial charge in [0, 0.05) is 31.5 Å². The normalized spacial score (nSPS) is 11.3. The average molecular weight is 283 g/mol. The molecule has 0 unspecified atom stereocenters. The molecule has 0 saturated carbocycles. The van der Waals surface area contributed by atoms with Crippen molar-refractivity contribution in [3.05, 3.63) is 53.7 Å². The second-order valence-corrected chi connectivity index (χ2v) is 5.08. The fourth-order valence-corrected chi connectivity index (χ4v) is 2.04. The van der Waals surface area contributed by atoms with Crippen LogP contribution in [-0.2, 0) is 6.54 Å². The van der Waals surface area contributed by atoms with E-state index in [1.54, 1.807) is 6.20 Å². The van der Waals surface area contributed by atoms with Crippen molar-refractivity contribution in [3.63, 3.8) is 0 Å². The summed E-state index contributed by atoms with van der Waals surface area (Å²) < 4.78 is 0. The Balaban J connectivity index is 2.07. The lowest BCUT2D eigenvalue weighted by atomic mass is 10.2. The molecule has 1 aromatic carbocycles. The van der Waals surface area contributed by atoms with Crippen LogP contribution in [0.5, 0.6) is 0 Å². The van der Waals surface area contributed by atoms with Crippen molar-refractivity contribution in [2.24, 2.45) is 10.7 Å². The summed E-state index contributed by atoms with van der Waals surface area (Å²) in [5.74, 6) is 1.30. The molecule has 21 heavy (non-hydrogen) atoms. The summed E-state index contributed by atoms with van der Waals surface area (Å²) in [6.45, 7) is 2.53. The summed E-state index contributed by atoms with van der Waals surface area (Å²) in [5.41, 5.74) is 9.09. The van der Waals surface area contributed by atoms with Gasteiger partial charge in [-0.3, -0.25) is 0 Å². The summed E-state index contributed by atoms with van der Waals surface area (Å²) in [6, 6.07) is 11.9. The number of pyridine rings is 1. The summed E-state index contributed by atoms with van der Waals surface area (Å²) >= 11 is 0. The largest absolute Gasteiger partial charge is 0.370 e. The minimum atomic E-state index is 0.397. The standard InChI is InChI=1S/C16H21N5/c1-12-6-4-8-14(10-12)20-16(17)19-11-13-7-5-9-18-15(13)21(2)3/h4-10H,11H2,1-3H3,(H3,17,19,20). The molecule has 0 fully saturated rings. The van der Waals surface area contributed by atoms with Gasteiger partial charge in [-0.15, -0.1) is 0 Å². The number of anilines is 2. The molecular weight excluding hydrogens is 262 g/mol. The van der Waals surface area contributed by atoms with E-state index in [0.29, 0.717) is 12.5 Å². The van der Waals surface area contributed by atoms with Crippen LogP contribution in [-0.4, -0.2) is 25.0 Å². The molecule has 2 aromatic rings. The minimum Gasteiger partial charge on any atom is -0.370 e. The Morgan fingerprint density at radius 3 is 2.81 bits per heavy atom. The number of hydrogen-bond donors (Lipinski definition) is 2. The Morgan fingerprint density at radius 1 is 1.29 bits per heavy atom. The smallest absolute Gasteiger partial charge is 0.193 e. The van der Waals surface area contributed by atoms with Crippen LogP contribution in [0.3, 0.4) is 0 Å². The van der Waals surface area contributed by atoms with Gasteiger partial charge in [0.05, 0.1) is 6.54 Å². The zero-order chi connectivity index (χ0) is 15.2. The molecule has 2 rings (SSSR count). The van der Waals surface area contributed by atoms with Crippen LogP contribution >= 0.6 is 0 Å². The Labute approximate surface area is 125 Å². The van der Waals surface area contributed by atoms with E-state index in [4.69, 9.17) is 5.73 Å². The van der Waals surface area contributed by atoms with Gasteiger partial charge >= 0.3 is 0 Å². The van der Waals surface area contributed by atoms with Crippen molar-refractivity contribution in [3.8, 4) is 0 Å². The van der Waals surface area contributed by atoms with Gasteiger partial charge in [-0.1, -0.05) is 18.2 Å². The highest BCUT2D eigenvalue weighted by Crippen LogP contribution is 2.15. The van der Waals surface area contributed by atoms with E-state index >= 15 is 0 Å². The molecule has 0 aliphatic rings. The van der Waals surface area contributed by atoms with E-state index in [-0.39, 0.29) is 0 Å². The second kappa shape index (κ2) is 6.74. The van der Waals surface area contributed by atoms with Crippen LogP contribution in [0.4, 0.5) is 11.5 Å². The van der Waals surface area contributed by atoms with Gasteiger partial charge in [-0.05, 0) is 30.7 Å². The van der Waals surface area contributed by atoms with Crippen LogP contribution in [0.15, 0.2) is 47.6 Å². The minimum absolute atomic E-state index is 0.397. The van der Waals surface area contributed by atoms with Gasteiger partial charge in [0.25, 0.3) is 0 Å². The Morgan fingerprint density at radius 2 is 2.10 bits per heavy atom. The van der Waals surface area contributed by atoms with Crippen LogP contribution in [0.1, 0.15) is 11.1 Å². The highest BCUT2D eigenvalue weighted by atomic mass is 15.1. The topological polar surface area (TPSA) is 66.5 Å². The Bertz CT molecular complexity index is 634. The molecule has 110 valence electrons. The number of nitrogens with two attached hydrogens (primary N) is 1. The number of rotatable bonds is 4. The fourth-order valence-electron chi connectivity index (χ4n) is 2.04. The highest BCUT2D eigenvalue weighted by molar-refractivity contribution is 5.92. The number of nitrogens with one attached hydrogen (secondary N) is 1. The monoisotopic (exact) mass is 283 g/mol. The molecule has 3 N–H and O–H groups in total. The van der Waals surface area contributed by atoms with Gasteiger partial charge in [-0.2, -0.15) is 0 Å². The SMILES string of the molecule is Cc1cccc(NC(N)=NCc2cccnc2N(C)C)c1. The third-order valence-corrected chi connectivity index (χ3v) is 3.00. The van der Waals surface area contributed by atoms with Crippen LogP contribution in [0.2, 0.25) is 0 Å². The molecule has 0 amide bonds. The van der Waals surface area contributed by atoms with E-state index in [9.17, 15) is 0 Å². The number of guanidine groups is 1. The molecule has 0 bridgehead atoms. The average Bonchev–Trinajstić information content (AvgIpc) is 2.45. The van der Waals surface area contributed by atoms with Crippen LogP contribution in [0, 0.1) is 6.92 Å². The maximum atomic E-state index is 5.93. The first-order valence-electron chi connectivity index (χ1n) is 6.81. The third-order valence-electron chi connectivity index (χ3n) is 3.00. The summed E-state index contributed by atoms with van der Waals surface area (Å²) in [4.78, 5) is 10.7.